The van der Waals surface area contributed by atoms with E-state index in [2.05, 4.69) is 0 Å². The number of nitrogens with zero attached hydrogens (tertiary/aromatic N) is 1. The van der Waals surface area contributed by atoms with E-state index in [9.17, 15) is 13.2 Å². The van der Waals surface area contributed by atoms with E-state index in [0.717, 1.165) is 0 Å². The number of halogens is 3. The smallest absolute Gasteiger partial charge is 0.306 e. The predicted molar refractivity (Wildman–Crippen MR) is 127 cm³/mol. The van der Waals surface area contributed by atoms with Crippen LogP contribution >= 0.6 is 34.8 Å². The molecule has 1 atom stereocenters. The summed E-state index contributed by atoms with van der Waals surface area (Å²) in [7, 11) is -3.97. The van der Waals surface area contributed by atoms with E-state index in [0.29, 0.717) is 22.9 Å². The lowest BCUT2D eigenvalue weighted by Crippen LogP contribution is -2.39. The molecule has 9 heteroatoms. The zero-order valence-corrected chi connectivity index (χ0v) is 20.9. The van der Waals surface area contributed by atoms with Crippen LogP contribution in [0.5, 0.6) is 0 Å². The maximum absolute atomic E-state index is 13.5. The molecule has 0 aliphatic heterocycles. The minimum atomic E-state index is -3.97. The van der Waals surface area contributed by atoms with Gasteiger partial charge in [0.1, 0.15) is 5.60 Å². The summed E-state index contributed by atoms with van der Waals surface area (Å²) in [4.78, 5) is 12.1. The largest absolute Gasteiger partial charge is 0.460 e. The molecule has 2 aromatic rings. The molecule has 0 N–H and O–H groups in total. The number of rotatable bonds is 8. The van der Waals surface area contributed by atoms with Crippen LogP contribution in [0.15, 0.2) is 47.4 Å². The highest BCUT2D eigenvalue weighted by Gasteiger charge is 2.31. The molecule has 2 rings (SSSR count). The summed E-state index contributed by atoms with van der Waals surface area (Å²) in [6.07, 6.45) is 1.04. The van der Waals surface area contributed by atoms with Crippen molar-refractivity contribution >= 4 is 56.5 Å². The third-order valence-corrected chi connectivity index (χ3v) is 7.09. The lowest BCUT2D eigenvalue weighted by atomic mass is 10.1. The van der Waals surface area contributed by atoms with E-state index < -0.39 is 21.7 Å². The summed E-state index contributed by atoms with van der Waals surface area (Å²) >= 11 is 18.4. The first-order valence-corrected chi connectivity index (χ1v) is 12.4. The highest BCUT2D eigenvalue weighted by atomic mass is 35.5. The van der Waals surface area contributed by atoms with Crippen LogP contribution in [0.4, 0.5) is 5.69 Å². The maximum Gasteiger partial charge on any atom is 0.306 e. The average molecular weight is 507 g/mol. The second-order valence-electron chi connectivity index (χ2n) is 8.18. The highest BCUT2D eigenvalue weighted by Crippen LogP contribution is 2.35. The fourth-order valence-electron chi connectivity index (χ4n) is 3.03. The van der Waals surface area contributed by atoms with Crippen LogP contribution < -0.4 is 4.31 Å². The van der Waals surface area contributed by atoms with E-state index in [1.165, 1.54) is 34.6 Å². The minimum absolute atomic E-state index is 0.0759. The van der Waals surface area contributed by atoms with Gasteiger partial charge < -0.3 is 4.74 Å². The molecule has 31 heavy (non-hydrogen) atoms. The van der Waals surface area contributed by atoms with Gasteiger partial charge in [0.25, 0.3) is 10.0 Å². The second-order valence-corrected chi connectivity index (χ2v) is 11.3. The molecule has 170 valence electrons. The standard InChI is InChI=1S/C22H26Cl3NO4S/c1-15(6-5-7-21(27)30-22(2,3)4)26(20-14-17(24)10-13-19(20)25)31(28,29)18-11-8-16(23)9-12-18/h8-15H,5-7H2,1-4H3. The first-order chi connectivity index (χ1) is 14.3. The highest BCUT2D eigenvalue weighted by molar-refractivity contribution is 7.92. The van der Waals surface area contributed by atoms with Crippen LogP contribution in [-0.4, -0.2) is 26.0 Å². The van der Waals surface area contributed by atoms with Crippen molar-refractivity contribution in [3.63, 3.8) is 0 Å². The summed E-state index contributed by atoms with van der Waals surface area (Å²) in [5.41, 5.74) is -0.296. The zero-order valence-electron chi connectivity index (χ0n) is 17.9. The predicted octanol–water partition coefficient (Wildman–Crippen LogP) is 6.74. The summed E-state index contributed by atoms with van der Waals surface area (Å²) in [6.45, 7) is 7.17. The van der Waals surface area contributed by atoms with Crippen molar-refractivity contribution in [1.82, 2.24) is 0 Å². The number of carbonyl (C=O) groups excluding carboxylic acids is 1. The first kappa shape index (κ1) is 25.8. The number of esters is 1. The van der Waals surface area contributed by atoms with Gasteiger partial charge in [-0.1, -0.05) is 34.8 Å². The SMILES string of the molecule is CC(CCCC(=O)OC(C)(C)C)N(c1cc(Cl)ccc1Cl)S(=O)(=O)c1ccc(Cl)cc1. The molecule has 0 spiro atoms. The fraction of sp³-hybridized carbons (Fsp3) is 0.409. The van der Waals surface area contributed by atoms with Gasteiger partial charge >= 0.3 is 5.97 Å². The molecular weight excluding hydrogens is 481 g/mol. The quantitative estimate of drug-likeness (QED) is 0.372. The Balaban J connectivity index is 2.33. The van der Waals surface area contributed by atoms with E-state index in [1.807, 2.05) is 0 Å². The zero-order chi connectivity index (χ0) is 23.4. The van der Waals surface area contributed by atoms with Gasteiger partial charge in [0, 0.05) is 22.5 Å². The fourth-order valence-corrected chi connectivity index (χ4v) is 5.28. The number of hydrogen-bond donors (Lipinski definition) is 0. The van der Waals surface area contributed by atoms with Gasteiger partial charge in [0.2, 0.25) is 0 Å². The van der Waals surface area contributed by atoms with Crippen LogP contribution in [0.25, 0.3) is 0 Å². The molecule has 0 saturated carbocycles. The Morgan fingerprint density at radius 2 is 1.61 bits per heavy atom. The van der Waals surface area contributed by atoms with Crippen LogP contribution in [0.3, 0.4) is 0 Å². The third-order valence-electron chi connectivity index (χ3n) is 4.34. The Morgan fingerprint density at radius 3 is 2.19 bits per heavy atom. The molecule has 0 aliphatic rings. The molecule has 1 unspecified atom stereocenters. The van der Waals surface area contributed by atoms with Gasteiger partial charge in [0.05, 0.1) is 15.6 Å². The number of carbonyl (C=O) groups is 1. The number of hydrogen-bond acceptors (Lipinski definition) is 4. The van der Waals surface area contributed by atoms with Crippen molar-refractivity contribution in [3.8, 4) is 0 Å². The number of ether oxygens (including phenoxy) is 1. The van der Waals surface area contributed by atoms with Gasteiger partial charge in [-0.2, -0.15) is 0 Å². The number of benzene rings is 2. The molecule has 0 radical (unpaired) electrons. The molecule has 0 amide bonds. The van der Waals surface area contributed by atoms with Crippen molar-refractivity contribution in [2.75, 3.05) is 4.31 Å². The van der Waals surface area contributed by atoms with Gasteiger partial charge in [0.15, 0.2) is 0 Å². The molecule has 0 heterocycles. The van der Waals surface area contributed by atoms with Crippen molar-refractivity contribution in [1.29, 1.82) is 0 Å². The first-order valence-electron chi connectivity index (χ1n) is 9.78. The second kappa shape index (κ2) is 10.4. The molecule has 0 aliphatic carbocycles. The lowest BCUT2D eigenvalue weighted by molar-refractivity contribution is -0.154. The Bertz CT molecular complexity index is 1020. The van der Waals surface area contributed by atoms with Crippen molar-refractivity contribution < 1.29 is 17.9 Å². The van der Waals surface area contributed by atoms with Crippen LogP contribution in [0.1, 0.15) is 47.0 Å². The monoisotopic (exact) mass is 505 g/mol. The summed E-state index contributed by atoms with van der Waals surface area (Å²) < 4.78 is 33.6. The average Bonchev–Trinajstić information content (AvgIpc) is 2.63. The molecule has 0 bridgehead atoms. The lowest BCUT2D eigenvalue weighted by Gasteiger charge is -2.31. The van der Waals surface area contributed by atoms with Crippen molar-refractivity contribution in [3.05, 3.63) is 57.5 Å². The normalized spacial score (nSPS) is 13.0. The van der Waals surface area contributed by atoms with Crippen molar-refractivity contribution in [2.45, 2.75) is 63.5 Å². The molecule has 0 saturated heterocycles. The van der Waals surface area contributed by atoms with Gasteiger partial charge in [-0.15, -0.1) is 0 Å². The Hall–Kier alpha value is -1.47. The molecular formula is C22H26Cl3NO4S. The van der Waals surface area contributed by atoms with Gasteiger partial charge in [-0.05, 0) is 83.0 Å². The maximum atomic E-state index is 13.5. The van der Waals surface area contributed by atoms with Crippen LogP contribution in [0.2, 0.25) is 15.1 Å². The van der Waals surface area contributed by atoms with E-state index in [4.69, 9.17) is 39.5 Å². The Labute approximate surface area is 199 Å². The van der Waals surface area contributed by atoms with Gasteiger partial charge in [-0.3, -0.25) is 9.10 Å². The molecule has 2 aromatic carbocycles. The van der Waals surface area contributed by atoms with Crippen LogP contribution in [-0.2, 0) is 19.6 Å². The van der Waals surface area contributed by atoms with Gasteiger partial charge in [-0.25, -0.2) is 8.42 Å². The molecule has 5 nitrogen and oxygen atoms in total. The van der Waals surface area contributed by atoms with E-state index >= 15 is 0 Å². The number of sulfonamides is 1. The molecule has 0 aromatic heterocycles. The summed E-state index contributed by atoms with van der Waals surface area (Å²) in [5.74, 6) is -0.326. The van der Waals surface area contributed by atoms with E-state index in [1.54, 1.807) is 39.8 Å². The Morgan fingerprint density at radius 1 is 1.03 bits per heavy atom. The summed E-state index contributed by atoms with van der Waals surface area (Å²) in [6, 6.07) is 10.1. The van der Waals surface area contributed by atoms with Crippen LogP contribution in [0, 0.1) is 0 Å². The molecule has 0 fully saturated rings. The summed E-state index contributed by atoms with van der Waals surface area (Å²) in [5, 5.41) is 1.04. The van der Waals surface area contributed by atoms with Crippen molar-refractivity contribution in [2.24, 2.45) is 0 Å². The Kier molecular flexibility index (Phi) is 8.68. The minimum Gasteiger partial charge on any atom is -0.460 e. The topological polar surface area (TPSA) is 63.7 Å². The van der Waals surface area contributed by atoms with E-state index in [-0.39, 0.29) is 28.0 Å². The number of anilines is 1. The third kappa shape index (κ3) is 7.28.